The number of aliphatic imine (C=N–C) groups is 1. The molecule has 5 heterocycles. The fourth-order valence-electron chi connectivity index (χ4n) is 3.63. The summed E-state index contributed by atoms with van der Waals surface area (Å²) < 4.78 is 9.43. The normalized spacial score (nSPS) is 27.8. The molecule has 0 aliphatic carbocycles. The molecule has 3 aromatic heterocycles. The molecule has 0 spiro atoms. The third-order valence-electron chi connectivity index (χ3n) is 5.11. The first kappa shape index (κ1) is 20.6. The molecular formula is C18H22N8O3S2. The number of thioether (sulfide) groups is 1. The van der Waals surface area contributed by atoms with Gasteiger partial charge in [-0.3, -0.25) is 4.99 Å². The van der Waals surface area contributed by atoms with Crippen molar-refractivity contribution in [3.05, 3.63) is 35.7 Å². The van der Waals surface area contributed by atoms with Crippen molar-refractivity contribution in [2.45, 2.75) is 49.8 Å². The zero-order valence-corrected chi connectivity index (χ0v) is 18.3. The first-order chi connectivity index (χ1) is 15.1. The van der Waals surface area contributed by atoms with Crippen molar-refractivity contribution in [2.75, 3.05) is 6.54 Å². The number of ether oxygens (including phenoxy) is 1. The minimum absolute atomic E-state index is 0.265. The molecule has 3 N–H and O–H groups in total. The predicted molar refractivity (Wildman–Crippen MR) is 116 cm³/mol. The number of thiophene rings is 1. The van der Waals surface area contributed by atoms with Crippen LogP contribution >= 0.6 is 23.1 Å². The average molecular weight is 463 g/mol. The topological polar surface area (TPSA) is 136 Å². The Morgan fingerprint density at radius 1 is 1.29 bits per heavy atom. The Morgan fingerprint density at radius 3 is 3.00 bits per heavy atom. The van der Waals surface area contributed by atoms with Gasteiger partial charge in [0.05, 0.1) is 24.2 Å². The number of aromatic nitrogens is 6. The molecule has 5 atom stereocenters. The number of hydrogen-bond donors (Lipinski definition) is 3. The first-order valence-corrected chi connectivity index (χ1v) is 11.7. The number of rotatable bonds is 6. The Hall–Kier alpha value is -2.32. The molecule has 2 aliphatic rings. The van der Waals surface area contributed by atoms with Gasteiger partial charge in [0.25, 0.3) is 0 Å². The largest absolute Gasteiger partial charge is 0.388 e. The third-order valence-corrected chi connectivity index (χ3v) is 7.07. The lowest BCUT2D eigenvalue weighted by atomic mass is 9.98. The number of fused-ring (bicyclic) bond motifs is 1. The summed E-state index contributed by atoms with van der Waals surface area (Å²) in [6.45, 7) is 3.39. The molecule has 13 heteroatoms. The Balaban J connectivity index is 1.25. The van der Waals surface area contributed by atoms with Crippen LogP contribution in [0.25, 0.3) is 10.7 Å². The van der Waals surface area contributed by atoms with Crippen LogP contribution in [0.1, 0.15) is 12.6 Å². The molecule has 3 aromatic rings. The van der Waals surface area contributed by atoms with E-state index in [0.717, 1.165) is 22.4 Å². The molecule has 0 amide bonds. The highest BCUT2D eigenvalue weighted by atomic mass is 32.2. The standard InChI is InChI=1S/C18H22N8O3S2/c1-2-19-18-22-13-15(28)14(27)11(29-17(13)31-18)8-25-6-10(23-24-25)7-26-16(20-9-21-26)12-4-3-5-30-12/h3-6,9,11,13-15,17,27-28H,2,7-8H2,1H3,(H,19,22)/t11-,13-,14-,15-,17-/m1/s1. The van der Waals surface area contributed by atoms with Gasteiger partial charge in [0, 0.05) is 6.54 Å². The minimum atomic E-state index is -1.07. The number of aliphatic hydroxyl groups is 2. The molecule has 1 fully saturated rings. The summed E-state index contributed by atoms with van der Waals surface area (Å²) in [4.78, 5) is 9.79. The lowest BCUT2D eigenvalue weighted by Gasteiger charge is -2.38. The van der Waals surface area contributed by atoms with Crippen LogP contribution in [0.3, 0.4) is 0 Å². The van der Waals surface area contributed by atoms with Gasteiger partial charge in [0.2, 0.25) is 0 Å². The maximum atomic E-state index is 10.6. The zero-order valence-electron chi connectivity index (χ0n) is 16.6. The lowest BCUT2D eigenvalue weighted by molar-refractivity contribution is -0.157. The van der Waals surface area contributed by atoms with Crippen LogP contribution in [-0.2, 0) is 17.8 Å². The molecule has 31 heavy (non-hydrogen) atoms. The van der Waals surface area contributed by atoms with Crippen molar-refractivity contribution in [3.8, 4) is 10.7 Å². The van der Waals surface area contributed by atoms with E-state index in [4.69, 9.17) is 4.74 Å². The van der Waals surface area contributed by atoms with Crippen LogP contribution in [0.15, 0.2) is 35.0 Å². The molecular weight excluding hydrogens is 440 g/mol. The second kappa shape index (κ2) is 8.67. The quantitative estimate of drug-likeness (QED) is 0.468. The van der Waals surface area contributed by atoms with E-state index in [9.17, 15) is 10.2 Å². The Bertz CT molecular complexity index is 1050. The SMILES string of the molecule is CCNC1=N[C@@H]2[C@@H](O)[C@H](O)[C@@H](Cn3cc(Cn4ncnc4-c4cccs4)nn3)O[C@@H]2S1. The van der Waals surface area contributed by atoms with E-state index in [1.165, 1.54) is 18.1 Å². The van der Waals surface area contributed by atoms with E-state index in [0.29, 0.717) is 12.2 Å². The number of nitrogens with one attached hydrogen (secondary N) is 1. The van der Waals surface area contributed by atoms with E-state index in [2.05, 4.69) is 30.7 Å². The van der Waals surface area contributed by atoms with Crippen LogP contribution in [0.5, 0.6) is 0 Å². The van der Waals surface area contributed by atoms with Crippen molar-refractivity contribution in [1.82, 2.24) is 35.1 Å². The summed E-state index contributed by atoms with van der Waals surface area (Å²) in [7, 11) is 0. The monoisotopic (exact) mass is 462 g/mol. The zero-order chi connectivity index (χ0) is 21.4. The smallest absolute Gasteiger partial charge is 0.168 e. The third kappa shape index (κ3) is 4.11. The molecule has 0 radical (unpaired) electrons. The molecule has 11 nitrogen and oxygen atoms in total. The average Bonchev–Trinajstić information content (AvgIpc) is 3.54. The van der Waals surface area contributed by atoms with Crippen molar-refractivity contribution in [2.24, 2.45) is 4.99 Å². The Morgan fingerprint density at radius 2 is 2.19 bits per heavy atom. The molecule has 5 rings (SSSR count). The molecule has 0 saturated carbocycles. The van der Waals surface area contributed by atoms with Crippen LogP contribution in [0.2, 0.25) is 0 Å². The number of hydrogen-bond acceptors (Lipinski definition) is 11. The van der Waals surface area contributed by atoms with Crippen molar-refractivity contribution in [3.63, 3.8) is 0 Å². The number of amidine groups is 1. The van der Waals surface area contributed by atoms with Gasteiger partial charge in [0.15, 0.2) is 11.0 Å². The van der Waals surface area contributed by atoms with Gasteiger partial charge >= 0.3 is 0 Å². The molecule has 0 bridgehead atoms. The Labute approximate surface area is 186 Å². The fourth-order valence-corrected chi connectivity index (χ4v) is 5.55. The molecule has 2 aliphatic heterocycles. The van der Waals surface area contributed by atoms with Gasteiger partial charge in [-0.2, -0.15) is 5.10 Å². The van der Waals surface area contributed by atoms with E-state index in [1.54, 1.807) is 26.9 Å². The minimum Gasteiger partial charge on any atom is -0.388 e. The van der Waals surface area contributed by atoms with E-state index in [-0.39, 0.29) is 12.0 Å². The summed E-state index contributed by atoms with van der Waals surface area (Å²) in [6, 6.07) is 3.48. The van der Waals surface area contributed by atoms with Crippen LogP contribution < -0.4 is 5.32 Å². The van der Waals surface area contributed by atoms with Gasteiger partial charge < -0.3 is 20.3 Å². The van der Waals surface area contributed by atoms with E-state index < -0.39 is 24.4 Å². The van der Waals surface area contributed by atoms with E-state index >= 15 is 0 Å². The second-order valence-electron chi connectivity index (χ2n) is 7.25. The highest BCUT2D eigenvalue weighted by Crippen LogP contribution is 2.36. The second-order valence-corrected chi connectivity index (χ2v) is 9.28. The Kier molecular flexibility index (Phi) is 5.75. The summed E-state index contributed by atoms with van der Waals surface area (Å²) in [6.07, 6.45) is 0.616. The van der Waals surface area contributed by atoms with Gasteiger partial charge in [-0.15, -0.1) is 16.4 Å². The maximum absolute atomic E-state index is 10.6. The van der Waals surface area contributed by atoms with Crippen LogP contribution in [0.4, 0.5) is 0 Å². The summed E-state index contributed by atoms with van der Waals surface area (Å²) >= 11 is 3.03. The van der Waals surface area contributed by atoms with Crippen LogP contribution in [0, 0.1) is 0 Å². The molecule has 0 aromatic carbocycles. The van der Waals surface area contributed by atoms with Crippen molar-refractivity contribution in [1.29, 1.82) is 0 Å². The summed E-state index contributed by atoms with van der Waals surface area (Å²) in [5.41, 5.74) is 0.365. The maximum Gasteiger partial charge on any atom is 0.168 e. The van der Waals surface area contributed by atoms with E-state index in [1.807, 2.05) is 24.4 Å². The number of nitrogens with zero attached hydrogens (tertiary/aromatic N) is 7. The van der Waals surface area contributed by atoms with Gasteiger partial charge in [-0.1, -0.05) is 23.0 Å². The fraction of sp³-hybridized carbons (Fsp3) is 0.500. The predicted octanol–water partition coefficient (Wildman–Crippen LogP) is 0.174. The molecule has 0 unspecified atom stereocenters. The summed E-state index contributed by atoms with van der Waals surface area (Å²) in [5.74, 6) is 0.777. The van der Waals surface area contributed by atoms with Gasteiger partial charge in [-0.05, 0) is 18.4 Å². The van der Waals surface area contributed by atoms with Crippen molar-refractivity contribution >= 4 is 28.3 Å². The van der Waals surface area contributed by atoms with Crippen molar-refractivity contribution < 1.29 is 14.9 Å². The summed E-state index contributed by atoms with van der Waals surface area (Å²) in [5, 5.41) is 39.6. The first-order valence-electron chi connectivity index (χ1n) is 9.93. The van der Waals surface area contributed by atoms with Crippen LogP contribution in [-0.4, -0.2) is 81.5 Å². The highest BCUT2D eigenvalue weighted by Gasteiger charge is 2.48. The lowest BCUT2D eigenvalue weighted by Crippen LogP contribution is -2.55. The highest BCUT2D eigenvalue weighted by molar-refractivity contribution is 8.14. The molecule has 164 valence electrons. The number of aliphatic hydroxyl groups excluding tert-OH is 2. The molecule has 1 saturated heterocycles. The van der Waals surface area contributed by atoms with Gasteiger partial charge in [-0.25, -0.2) is 14.3 Å². The van der Waals surface area contributed by atoms with Gasteiger partial charge in [0.1, 0.15) is 41.8 Å².